The highest BCUT2D eigenvalue weighted by Gasteiger charge is 2.40. The van der Waals surface area contributed by atoms with Crippen molar-refractivity contribution in [2.75, 3.05) is 35.2 Å². The number of hydrogen-bond donors (Lipinski definition) is 2. The molecule has 0 saturated carbocycles. The third-order valence-electron chi connectivity index (χ3n) is 6.14. The highest BCUT2D eigenvalue weighted by molar-refractivity contribution is 7.15. The first-order valence-electron chi connectivity index (χ1n) is 10.5. The summed E-state index contributed by atoms with van der Waals surface area (Å²) in [5.41, 5.74) is 7.86. The van der Waals surface area contributed by atoms with Gasteiger partial charge in [-0.25, -0.2) is 14.4 Å². The van der Waals surface area contributed by atoms with E-state index in [-0.39, 0.29) is 0 Å². The maximum atomic E-state index is 13.5. The van der Waals surface area contributed by atoms with Gasteiger partial charge in [-0.1, -0.05) is 0 Å². The van der Waals surface area contributed by atoms with Crippen molar-refractivity contribution in [1.82, 2.24) is 9.97 Å². The average molecular weight is 451 g/mol. The van der Waals surface area contributed by atoms with Crippen molar-refractivity contribution in [3.63, 3.8) is 0 Å². The Labute approximate surface area is 189 Å². The lowest BCUT2D eigenvalue weighted by Crippen LogP contribution is -2.48. The SMILES string of the molecule is CC1(O)c2sc(-c3ccc(N4CCC(F)C4)nc3)nc2CCN1c1ccc(N)c(C#N)c1. The standard InChI is InChI=1S/C23H23FN6OS/c1-23(31)21-19(7-9-30(23)17-3-4-18(26)15(10-17)11-25)28-22(32-21)14-2-5-20(27-12-14)29-8-6-16(24)13-29/h2-5,10,12,16,31H,6-9,13,26H2,1H3. The number of thiazole rings is 1. The van der Waals surface area contributed by atoms with Gasteiger partial charge in [-0.15, -0.1) is 11.3 Å². The number of nitrogens with two attached hydrogens (primary N) is 1. The number of nitrogens with zero attached hydrogens (tertiary/aromatic N) is 5. The number of nitrogen functional groups attached to an aromatic ring is 1. The Bertz CT molecular complexity index is 1200. The first-order valence-corrected chi connectivity index (χ1v) is 11.3. The molecule has 0 spiro atoms. The van der Waals surface area contributed by atoms with Crippen molar-refractivity contribution in [3.8, 4) is 16.6 Å². The second kappa shape index (κ2) is 7.73. The van der Waals surface area contributed by atoms with Gasteiger partial charge >= 0.3 is 0 Å². The lowest BCUT2D eigenvalue weighted by molar-refractivity contribution is 0.0502. The molecule has 0 bridgehead atoms. The number of anilines is 3. The van der Waals surface area contributed by atoms with Crippen LogP contribution in [0.3, 0.4) is 0 Å². The molecule has 0 amide bonds. The Balaban J connectivity index is 1.43. The van der Waals surface area contributed by atoms with Crippen LogP contribution in [0.5, 0.6) is 0 Å². The van der Waals surface area contributed by atoms with E-state index in [2.05, 4.69) is 11.1 Å². The molecule has 32 heavy (non-hydrogen) atoms. The van der Waals surface area contributed by atoms with E-state index in [9.17, 15) is 14.8 Å². The summed E-state index contributed by atoms with van der Waals surface area (Å²) in [6.07, 6.45) is 2.18. The molecule has 2 aliphatic heterocycles. The Kier molecular flexibility index (Phi) is 4.99. The van der Waals surface area contributed by atoms with E-state index in [4.69, 9.17) is 10.7 Å². The minimum absolute atomic E-state index is 0.384. The molecule has 1 fully saturated rings. The van der Waals surface area contributed by atoms with Crippen LogP contribution in [-0.2, 0) is 12.1 Å². The number of aromatic nitrogens is 2. The number of hydrogen-bond acceptors (Lipinski definition) is 8. The van der Waals surface area contributed by atoms with E-state index in [1.54, 1.807) is 25.3 Å². The summed E-state index contributed by atoms with van der Waals surface area (Å²) in [5, 5.41) is 21.6. The second-order valence-electron chi connectivity index (χ2n) is 8.34. The monoisotopic (exact) mass is 450 g/mol. The van der Waals surface area contributed by atoms with Crippen LogP contribution in [-0.4, -0.2) is 40.9 Å². The Hall–Kier alpha value is -3.22. The fraction of sp³-hybridized carbons (Fsp3) is 0.348. The Morgan fingerprint density at radius 1 is 1.31 bits per heavy atom. The molecule has 3 aromatic rings. The molecular weight excluding hydrogens is 427 g/mol. The van der Waals surface area contributed by atoms with Crippen molar-refractivity contribution in [2.45, 2.75) is 31.7 Å². The molecule has 0 aliphatic carbocycles. The van der Waals surface area contributed by atoms with Crippen LogP contribution in [0.2, 0.25) is 0 Å². The zero-order valence-electron chi connectivity index (χ0n) is 17.6. The molecule has 2 aromatic heterocycles. The largest absolute Gasteiger partial charge is 0.398 e. The minimum atomic E-state index is -1.27. The molecule has 0 radical (unpaired) electrons. The molecule has 2 aliphatic rings. The molecule has 1 aromatic carbocycles. The van der Waals surface area contributed by atoms with Crippen LogP contribution in [0.25, 0.3) is 10.6 Å². The van der Waals surface area contributed by atoms with E-state index in [1.165, 1.54) is 11.3 Å². The van der Waals surface area contributed by atoms with Gasteiger partial charge in [0.1, 0.15) is 23.1 Å². The summed E-state index contributed by atoms with van der Waals surface area (Å²) in [6.45, 7) is 3.37. The number of fused-ring (bicyclic) bond motifs is 1. The molecule has 3 N–H and O–H groups in total. The fourth-order valence-electron chi connectivity index (χ4n) is 4.39. The normalized spacial score (nSPS) is 22.6. The van der Waals surface area contributed by atoms with Gasteiger partial charge in [-0.05, 0) is 43.7 Å². The summed E-state index contributed by atoms with van der Waals surface area (Å²) in [5.74, 6) is 0.769. The molecule has 1 saturated heterocycles. The van der Waals surface area contributed by atoms with Gasteiger partial charge in [-0.3, -0.25) is 0 Å². The van der Waals surface area contributed by atoms with Crippen molar-refractivity contribution in [3.05, 3.63) is 52.7 Å². The van der Waals surface area contributed by atoms with Crippen molar-refractivity contribution < 1.29 is 9.50 Å². The zero-order chi connectivity index (χ0) is 22.5. The van der Waals surface area contributed by atoms with Crippen LogP contribution in [0.1, 0.15) is 29.5 Å². The van der Waals surface area contributed by atoms with Gasteiger partial charge < -0.3 is 20.6 Å². The molecule has 7 nitrogen and oxygen atoms in total. The summed E-state index contributed by atoms with van der Waals surface area (Å²) in [4.78, 5) is 13.9. The quantitative estimate of drug-likeness (QED) is 0.589. The first-order chi connectivity index (χ1) is 15.4. The molecular formula is C23H23FN6OS. The van der Waals surface area contributed by atoms with Crippen LogP contribution in [0, 0.1) is 11.3 Å². The number of alkyl halides is 1. The maximum absolute atomic E-state index is 13.5. The van der Waals surface area contributed by atoms with Crippen molar-refractivity contribution in [1.29, 1.82) is 5.26 Å². The fourth-order valence-corrected chi connectivity index (χ4v) is 5.54. The smallest absolute Gasteiger partial charge is 0.172 e. The summed E-state index contributed by atoms with van der Waals surface area (Å²) in [7, 11) is 0. The van der Waals surface area contributed by atoms with Crippen LogP contribution >= 0.6 is 11.3 Å². The van der Waals surface area contributed by atoms with Crippen LogP contribution in [0.4, 0.5) is 21.6 Å². The zero-order valence-corrected chi connectivity index (χ0v) is 18.4. The van der Waals surface area contributed by atoms with E-state index in [0.717, 1.165) is 32.6 Å². The predicted molar refractivity (Wildman–Crippen MR) is 123 cm³/mol. The molecule has 164 valence electrons. The lowest BCUT2D eigenvalue weighted by atomic mass is 10.0. The van der Waals surface area contributed by atoms with Crippen LogP contribution < -0.4 is 15.5 Å². The molecule has 2 atom stereocenters. The third-order valence-corrected chi connectivity index (χ3v) is 7.49. The molecule has 5 rings (SSSR count). The van der Waals surface area contributed by atoms with Gasteiger partial charge in [0.2, 0.25) is 0 Å². The molecule has 4 heterocycles. The molecule has 9 heteroatoms. The third kappa shape index (κ3) is 3.45. The maximum Gasteiger partial charge on any atom is 0.172 e. The number of pyridine rings is 1. The topological polar surface area (TPSA) is 102 Å². The summed E-state index contributed by atoms with van der Waals surface area (Å²) >= 11 is 1.44. The van der Waals surface area contributed by atoms with E-state index in [1.807, 2.05) is 28.0 Å². The number of rotatable bonds is 3. The average Bonchev–Trinajstić information content (AvgIpc) is 3.42. The predicted octanol–water partition coefficient (Wildman–Crippen LogP) is 3.43. The molecule has 2 unspecified atom stereocenters. The first kappa shape index (κ1) is 20.7. The lowest BCUT2D eigenvalue weighted by Gasteiger charge is -2.41. The van der Waals surface area contributed by atoms with Gasteiger partial charge in [0.25, 0.3) is 0 Å². The Morgan fingerprint density at radius 2 is 2.16 bits per heavy atom. The number of nitriles is 1. The highest BCUT2D eigenvalue weighted by atomic mass is 32.1. The number of halogens is 1. The number of aliphatic hydroxyl groups is 1. The van der Waals surface area contributed by atoms with Crippen molar-refractivity contribution in [2.24, 2.45) is 0 Å². The summed E-state index contributed by atoms with van der Waals surface area (Å²) < 4.78 is 13.5. The van der Waals surface area contributed by atoms with Gasteiger partial charge in [0, 0.05) is 42.6 Å². The van der Waals surface area contributed by atoms with Gasteiger partial charge in [-0.2, -0.15) is 5.26 Å². The van der Waals surface area contributed by atoms with Crippen LogP contribution in [0.15, 0.2) is 36.5 Å². The van der Waals surface area contributed by atoms with Gasteiger partial charge in [0.05, 0.1) is 22.7 Å². The van der Waals surface area contributed by atoms with E-state index in [0.29, 0.717) is 43.7 Å². The number of benzene rings is 1. The second-order valence-corrected chi connectivity index (χ2v) is 9.34. The Morgan fingerprint density at radius 3 is 2.84 bits per heavy atom. The van der Waals surface area contributed by atoms with Gasteiger partial charge in [0.15, 0.2) is 5.72 Å². The minimum Gasteiger partial charge on any atom is -0.398 e. The van der Waals surface area contributed by atoms with E-state index < -0.39 is 11.9 Å². The summed E-state index contributed by atoms with van der Waals surface area (Å²) in [6, 6.07) is 11.2. The van der Waals surface area contributed by atoms with E-state index >= 15 is 0 Å². The van der Waals surface area contributed by atoms with Crippen molar-refractivity contribution >= 4 is 28.5 Å². The highest BCUT2D eigenvalue weighted by Crippen LogP contribution is 2.42.